The van der Waals surface area contributed by atoms with E-state index in [0.29, 0.717) is 5.56 Å². The van der Waals surface area contributed by atoms with E-state index in [4.69, 9.17) is 0 Å². The number of nitrogens with zero attached hydrogens (tertiary/aromatic N) is 1. The van der Waals surface area contributed by atoms with E-state index in [1.54, 1.807) is 6.07 Å². The van der Waals surface area contributed by atoms with Gasteiger partial charge >= 0.3 is 12.2 Å². The van der Waals surface area contributed by atoms with E-state index in [1.165, 1.54) is 12.3 Å². The van der Waals surface area contributed by atoms with E-state index < -0.39 is 12.8 Å². The van der Waals surface area contributed by atoms with Crippen molar-refractivity contribution in [3.63, 3.8) is 0 Å². The lowest BCUT2D eigenvalue weighted by molar-refractivity contribution is -0.154. The summed E-state index contributed by atoms with van der Waals surface area (Å²) in [6, 6.07) is 11.8. The third kappa shape index (κ3) is 6.70. The molecule has 0 aliphatic rings. The number of hydrogen-bond acceptors (Lipinski definition) is 3. The van der Waals surface area contributed by atoms with Crippen LogP contribution in [0, 0.1) is 0 Å². The Labute approximate surface area is 143 Å². The van der Waals surface area contributed by atoms with Gasteiger partial charge in [-0.25, -0.2) is 9.78 Å². The lowest BCUT2D eigenvalue weighted by atomic mass is 10.1. The van der Waals surface area contributed by atoms with Gasteiger partial charge in [-0.3, -0.25) is 0 Å². The minimum absolute atomic E-state index is 0.137. The first-order valence-electron chi connectivity index (χ1n) is 7.57. The molecule has 1 atom stereocenters. The van der Waals surface area contributed by atoms with Crippen molar-refractivity contribution in [3.05, 3.63) is 59.8 Å². The summed E-state index contributed by atoms with van der Waals surface area (Å²) in [5.41, 5.74) is 1.54. The van der Waals surface area contributed by atoms with Crippen molar-refractivity contribution in [1.29, 1.82) is 0 Å². The molecule has 0 spiro atoms. The number of halogens is 3. The van der Waals surface area contributed by atoms with Gasteiger partial charge in [-0.2, -0.15) is 13.2 Å². The van der Waals surface area contributed by atoms with Gasteiger partial charge in [-0.05, 0) is 24.1 Å². The van der Waals surface area contributed by atoms with Crippen molar-refractivity contribution in [3.8, 4) is 5.88 Å². The number of urea groups is 1. The second-order valence-electron chi connectivity index (χ2n) is 5.37. The van der Waals surface area contributed by atoms with Crippen molar-refractivity contribution < 1.29 is 22.7 Å². The van der Waals surface area contributed by atoms with Gasteiger partial charge in [0.1, 0.15) is 0 Å². The van der Waals surface area contributed by atoms with Gasteiger partial charge in [0, 0.05) is 18.8 Å². The van der Waals surface area contributed by atoms with Crippen LogP contribution in [0.2, 0.25) is 0 Å². The standard InChI is InChI=1S/C17H18F3N3O2/c1-12(14-5-3-2-4-6-14)23-16(24)22-10-13-7-8-21-15(9-13)25-11-17(18,19)20/h2-9,12H,10-11H2,1H3,(H2,22,23,24). The lowest BCUT2D eigenvalue weighted by Gasteiger charge is -2.15. The van der Waals surface area contributed by atoms with Gasteiger partial charge in [-0.1, -0.05) is 30.3 Å². The van der Waals surface area contributed by atoms with E-state index in [1.807, 2.05) is 37.3 Å². The SMILES string of the molecule is CC(NC(=O)NCc1ccnc(OCC(F)(F)F)c1)c1ccccc1. The molecule has 2 amide bonds. The maximum absolute atomic E-state index is 12.1. The van der Waals surface area contributed by atoms with Crippen molar-refractivity contribution >= 4 is 6.03 Å². The Kier molecular flexibility index (Phi) is 6.21. The molecule has 1 aromatic carbocycles. The van der Waals surface area contributed by atoms with Gasteiger partial charge in [0.25, 0.3) is 0 Å². The zero-order valence-corrected chi connectivity index (χ0v) is 13.5. The molecule has 1 unspecified atom stereocenters. The number of rotatable bonds is 6. The molecule has 1 heterocycles. The number of carbonyl (C=O) groups excluding carboxylic acids is 1. The number of benzene rings is 1. The van der Waals surface area contributed by atoms with Crippen LogP contribution < -0.4 is 15.4 Å². The Hall–Kier alpha value is -2.77. The zero-order valence-electron chi connectivity index (χ0n) is 13.5. The van der Waals surface area contributed by atoms with Crippen molar-refractivity contribution in [1.82, 2.24) is 15.6 Å². The summed E-state index contributed by atoms with van der Waals surface area (Å²) in [5.74, 6) is -0.144. The molecule has 2 aromatic rings. The zero-order chi connectivity index (χ0) is 18.3. The highest BCUT2D eigenvalue weighted by molar-refractivity contribution is 5.74. The highest BCUT2D eigenvalue weighted by Crippen LogP contribution is 2.17. The molecule has 0 saturated heterocycles. The minimum atomic E-state index is -4.43. The largest absolute Gasteiger partial charge is 0.468 e. The van der Waals surface area contributed by atoms with E-state index in [0.717, 1.165) is 5.56 Å². The smallest absolute Gasteiger partial charge is 0.422 e. The summed E-state index contributed by atoms with van der Waals surface area (Å²) < 4.78 is 41.0. The highest BCUT2D eigenvalue weighted by Gasteiger charge is 2.28. The Morgan fingerprint density at radius 1 is 1.24 bits per heavy atom. The van der Waals surface area contributed by atoms with Gasteiger partial charge in [0.05, 0.1) is 6.04 Å². The molecular formula is C17H18F3N3O2. The summed E-state index contributed by atoms with van der Waals surface area (Å²) in [7, 11) is 0. The van der Waals surface area contributed by atoms with E-state index >= 15 is 0 Å². The van der Waals surface area contributed by atoms with Crippen LogP contribution in [0.4, 0.5) is 18.0 Å². The number of nitrogens with one attached hydrogen (secondary N) is 2. The molecule has 134 valence electrons. The molecular weight excluding hydrogens is 335 g/mol. The molecule has 25 heavy (non-hydrogen) atoms. The Morgan fingerprint density at radius 3 is 2.64 bits per heavy atom. The average Bonchev–Trinajstić information content (AvgIpc) is 2.59. The molecule has 2 N–H and O–H groups in total. The first-order valence-corrected chi connectivity index (χ1v) is 7.57. The molecule has 0 saturated carbocycles. The Bertz CT molecular complexity index is 693. The summed E-state index contributed by atoms with van der Waals surface area (Å²) in [4.78, 5) is 15.6. The Morgan fingerprint density at radius 2 is 1.96 bits per heavy atom. The van der Waals surface area contributed by atoms with Crippen LogP contribution in [0.1, 0.15) is 24.1 Å². The predicted octanol–water partition coefficient (Wildman–Crippen LogP) is 3.58. The fourth-order valence-corrected chi connectivity index (χ4v) is 2.05. The molecule has 0 radical (unpaired) electrons. The second kappa shape index (κ2) is 8.36. The number of alkyl halides is 3. The normalized spacial score (nSPS) is 12.3. The molecule has 5 nitrogen and oxygen atoms in total. The van der Waals surface area contributed by atoms with Crippen LogP contribution in [0.5, 0.6) is 5.88 Å². The maximum Gasteiger partial charge on any atom is 0.422 e. The molecule has 1 aromatic heterocycles. The summed E-state index contributed by atoms with van der Waals surface area (Å²) in [6.07, 6.45) is -3.10. The van der Waals surface area contributed by atoms with Crippen molar-refractivity contribution in [2.24, 2.45) is 0 Å². The van der Waals surface area contributed by atoms with Gasteiger partial charge in [0.15, 0.2) is 6.61 Å². The van der Waals surface area contributed by atoms with E-state index in [-0.39, 0.29) is 24.5 Å². The molecule has 0 aliphatic heterocycles. The van der Waals surface area contributed by atoms with Crippen molar-refractivity contribution in [2.45, 2.75) is 25.7 Å². The fourth-order valence-electron chi connectivity index (χ4n) is 2.05. The average molecular weight is 353 g/mol. The molecule has 2 rings (SSSR count). The number of hydrogen-bond donors (Lipinski definition) is 2. The number of pyridine rings is 1. The first-order chi connectivity index (χ1) is 11.8. The van der Waals surface area contributed by atoms with E-state index in [2.05, 4.69) is 20.4 Å². The Balaban J connectivity index is 1.83. The van der Waals surface area contributed by atoms with Gasteiger partial charge in [0.2, 0.25) is 5.88 Å². The monoisotopic (exact) mass is 353 g/mol. The van der Waals surface area contributed by atoms with Crippen LogP contribution in [0.15, 0.2) is 48.7 Å². The topological polar surface area (TPSA) is 63.2 Å². The predicted molar refractivity (Wildman–Crippen MR) is 86.0 cm³/mol. The van der Waals surface area contributed by atoms with Crippen LogP contribution in [-0.2, 0) is 6.54 Å². The quantitative estimate of drug-likeness (QED) is 0.834. The van der Waals surface area contributed by atoms with Crippen molar-refractivity contribution in [2.75, 3.05) is 6.61 Å². The fraction of sp³-hybridized carbons (Fsp3) is 0.294. The summed E-state index contributed by atoms with van der Waals surface area (Å²) >= 11 is 0. The maximum atomic E-state index is 12.1. The second-order valence-corrected chi connectivity index (χ2v) is 5.37. The van der Waals surface area contributed by atoms with Crippen LogP contribution in [-0.4, -0.2) is 23.8 Å². The highest BCUT2D eigenvalue weighted by atomic mass is 19.4. The molecule has 0 aliphatic carbocycles. The first kappa shape index (κ1) is 18.6. The van der Waals surface area contributed by atoms with Gasteiger partial charge in [-0.15, -0.1) is 0 Å². The molecule has 0 fully saturated rings. The number of aromatic nitrogens is 1. The number of ether oxygens (including phenoxy) is 1. The number of amides is 2. The molecule has 0 bridgehead atoms. The van der Waals surface area contributed by atoms with Crippen LogP contribution in [0.25, 0.3) is 0 Å². The van der Waals surface area contributed by atoms with E-state index in [9.17, 15) is 18.0 Å². The van der Waals surface area contributed by atoms with Crippen LogP contribution >= 0.6 is 0 Å². The minimum Gasteiger partial charge on any atom is -0.468 e. The summed E-state index contributed by atoms with van der Waals surface area (Å²) in [6.45, 7) is 0.578. The van der Waals surface area contributed by atoms with Crippen LogP contribution in [0.3, 0.4) is 0 Å². The third-order valence-corrected chi connectivity index (χ3v) is 3.28. The van der Waals surface area contributed by atoms with Gasteiger partial charge < -0.3 is 15.4 Å². The molecule has 8 heteroatoms. The summed E-state index contributed by atoms with van der Waals surface area (Å²) in [5, 5.41) is 5.42. The number of carbonyl (C=O) groups is 1. The third-order valence-electron chi connectivity index (χ3n) is 3.28. The lowest BCUT2D eigenvalue weighted by Crippen LogP contribution is -2.36.